The van der Waals surface area contributed by atoms with Gasteiger partial charge in [0, 0.05) is 29.2 Å². The van der Waals surface area contributed by atoms with Gasteiger partial charge in [0.05, 0.1) is 12.1 Å². The first kappa shape index (κ1) is 18.8. The van der Waals surface area contributed by atoms with Crippen molar-refractivity contribution >= 4 is 28.8 Å². The summed E-state index contributed by atoms with van der Waals surface area (Å²) in [5.74, 6) is -0.296. The van der Waals surface area contributed by atoms with E-state index in [1.165, 1.54) is 16.9 Å². The van der Waals surface area contributed by atoms with Gasteiger partial charge in [0.15, 0.2) is 0 Å². The number of aryl methyl sites for hydroxylation is 1. The van der Waals surface area contributed by atoms with Gasteiger partial charge in [-0.3, -0.25) is 9.59 Å². The number of nitrogens with one attached hydrogen (secondary N) is 2. The third-order valence-electron chi connectivity index (χ3n) is 4.16. The highest BCUT2D eigenvalue weighted by Gasteiger charge is 2.10. The molecule has 0 fully saturated rings. The lowest BCUT2D eigenvalue weighted by molar-refractivity contribution is -0.115. The first-order valence-corrected chi connectivity index (χ1v) is 9.62. The molecular formula is C21H21N3O2S. The number of hydrogen-bond donors (Lipinski definition) is 2. The Morgan fingerprint density at radius 1 is 1.04 bits per heavy atom. The molecule has 0 radical (unpaired) electrons. The zero-order chi connectivity index (χ0) is 19.2. The largest absolute Gasteiger partial charge is 0.355 e. The molecule has 0 bridgehead atoms. The molecule has 3 aromatic rings. The molecule has 0 aliphatic rings. The monoisotopic (exact) mass is 379 g/mol. The van der Waals surface area contributed by atoms with Gasteiger partial charge in [0.2, 0.25) is 5.91 Å². The van der Waals surface area contributed by atoms with Crippen LogP contribution in [0.1, 0.15) is 28.5 Å². The number of nitrogens with zero attached hydrogens (tertiary/aromatic N) is 1. The predicted molar refractivity (Wildman–Crippen MR) is 109 cm³/mol. The van der Waals surface area contributed by atoms with Crippen LogP contribution < -0.4 is 10.6 Å². The number of carbonyl (C=O) groups is 2. The smallest absolute Gasteiger partial charge is 0.251 e. The second-order valence-electron chi connectivity index (χ2n) is 6.08. The maximum absolute atomic E-state index is 12.3. The molecule has 0 saturated carbocycles. The maximum Gasteiger partial charge on any atom is 0.251 e. The number of aromatic nitrogens is 1. The molecule has 6 heteroatoms. The molecule has 0 atom stereocenters. The average Bonchev–Trinajstić information content (AvgIpc) is 3.16. The number of anilines is 1. The average molecular weight is 379 g/mol. The minimum atomic E-state index is -0.158. The van der Waals surface area contributed by atoms with E-state index in [0.717, 1.165) is 22.7 Å². The number of amides is 2. The fourth-order valence-corrected chi connectivity index (χ4v) is 3.45. The van der Waals surface area contributed by atoms with Gasteiger partial charge in [0.25, 0.3) is 5.91 Å². The lowest BCUT2D eigenvalue weighted by atomic mass is 10.1. The Labute approximate surface area is 162 Å². The lowest BCUT2D eigenvalue weighted by Gasteiger charge is -2.05. The van der Waals surface area contributed by atoms with Crippen LogP contribution in [-0.4, -0.2) is 23.8 Å². The summed E-state index contributed by atoms with van der Waals surface area (Å²) in [5.41, 5.74) is 4.30. The Bertz CT molecular complexity index is 931. The fourth-order valence-electron chi connectivity index (χ4n) is 2.62. The minimum Gasteiger partial charge on any atom is -0.355 e. The summed E-state index contributed by atoms with van der Waals surface area (Å²) >= 11 is 1.54. The summed E-state index contributed by atoms with van der Waals surface area (Å²) in [4.78, 5) is 28.4. The van der Waals surface area contributed by atoms with E-state index in [-0.39, 0.29) is 18.2 Å². The molecule has 2 aromatic carbocycles. The Morgan fingerprint density at radius 2 is 1.74 bits per heavy atom. The molecule has 0 unspecified atom stereocenters. The van der Waals surface area contributed by atoms with Gasteiger partial charge in [-0.25, -0.2) is 4.98 Å². The maximum atomic E-state index is 12.3. The summed E-state index contributed by atoms with van der Waals surface area (Å²) < 4.78 is 0. The van der Waals surface area contributed by atoms with E-state index in [0.29, 0.717) is 11.3 Å². The first-order chi connectivity index (χ1) is 13.1. The van der Waals surface area contributed by atoms with E-state index in [1.54, 1.807) is 31.3 Å². The van der Waals surface area contributed by atoms with Crippen molar-refractivity contribution in [2.75, 3.05) is 12.4 Å². The third-order valence-corrected chi connectivity index (χ3v) is 5.10. The van der Waals surface area contributed by atoms with E-state index < -0.39 is 0 Å². The van der Waals surface area contributed by atoms with Crippen LogP contribution in [0.4, 0.5) is 5.69 Å². The van der Waals surface area contributed by atoms with Crippen molar-refractivity contribution in [1.29, 1.82) is 0 Å². The molecule has 1 heterocycles. The Kier molecular flexibility index (Phi) is 5.98. The Morgan fingerprint density at radius 3 is 2.37 bits per heavy atom. The molecule has 0 spiro atoms. The zero-order valence-corrected chi connectivity index (χ0v) is 16.1. The SMILES string of the molecule is CCc1ccc(-c2nc(CC(=O)Nc3ccc(C(=O)NC)cc3)cs2)cc1. The van der Waals surface area contributed by atoms with Crippen molar-refractivity contribution in [2.45, 2.75) is 19.8 Å². The van der Waals surface area contributed by atoms with Crippen LogP contribution in [0.15, 0.2) is 53.9 Å². The fraction of sp³-hybridized carbons (Fsp3) is 0.190. The van der Waals surface area contributed by atoms with Gasteiger partial charge >= 0.3 is 0 Å². The van der Waals surface area contributed by atoms with E-state index in [1.807, 2.05) is 5.38 Å². The van der Waals surface area contributed by atoms with E-state index in [4.69, 9.17) is 0 Å². The van der Waals surface area contributed by atoms with Crippen molar-refractivity contribution < 1.29 is 9.59 Å². The molecule has 138 valence electrons. The summed E-state index contributed by atoms with van der Waals surface area (Å²) in [6, 6.07) is 15.1. The molecular weight excluding hydrogens is 358 g/mol. The van der Waals surface area contributed by atoms with Crippen LogP contribution in [0.25, 0.3) is 10.6 Å². The highest BCUT2D eigenvalue weighted by atomic mass is 32.1. The summed E-state index contributed by atoms with van der Waals surface area (Å²) in [7, 11) is 1.58. The topological polar surface area (TPSA) is 71.1 Å². The number of carbonyl (C=O) groups excluding carboxylic acids is 2. The quantitative estimate of drug-likeness (QED) is 0.682. The molecule has 2 N–H and O–H groups in total. The van der Waals surface area contributed by atoms with Gasteiger partial charge in [0.1, 0.15) is 5.01 Å². The molecule has 3 rings (SSSR count). The van der Waals surface area contributed by atoms with Crippen LogP contribution in [0, 0.1) is 0 Å². The molecule has 5 nitrogen and oxygen atoms in total. The normalized spacial score (nSPS) is 10.4. The number of rotatable bonds is 6. The van der Waals surface area contributed by atoms with E-state index in [2.05, 4.69) is 46.8 Å². The van der Waals surface area contributed by atoms with Crippen molar-refractivity contribution in [3.8, 4) is 10.6 Å². The van der Waals surface area contributed by atoms with Gasteiger partial charge in [-0.2, -0.15) is 0 Å². The number of hydrogen-bond acceptors (Lipinski definition) is 4. The molecule has 27 heavy (non-hydrogen) atoms. The van der Waals surface area contributed by atoms with Crippen LogP contribution in [0.2, 0.25) is 0 Å². The highest BCUT2D eigenvalue weighted by molar-refractivity contribution is 7.13. The van der Waals surface area contributed by atoms with Crippen LogP contribution in [0.5, 0.6) is 0 Å². The van der Waals surface area contributed by atoms with E-state index in [9.17, 15) is 9.59 Å². The van der Waals surface area contributed by atoms with Gasteiger partial charge in [-0.15, -0.1) is 11.3 Å². The number of thiazole rings is 1. The third kappa shape index (κ3) is 4.80. The minimum absolute atomic E-state index is 0.138. The van der Waals surface area contributed by atoms with Crippen LogP contribution >= 0.6 is 11.3 Å². The Balaban J connectivity index is 1.61. The lowest BCUT2D eigenvalue weighted by Crippen LogP contribution is -2.18. The van der Waals surface area contributed by atoms with Crippen molar-refractivity contribution in [3.05, 3.63) is 70.7 Å². The summed E-state index contributed by atoms with van der Waals surface area (Å²) in [6.45, 7) is 2.13. The second kappa shape index (κ2) is 8.60. The van der Waals surface area contributed by atoms with E-state index >= 15 is 0 Å². The van der Waals surface area contributed by atoms with Crippen molar-refractivity contribution in [2.24, 2.45) is 0 Å². The molecule has 0 aliphatic carbocycles. The van der Waals surface area contributed by atoms with Gasteiger partial charge < -0.3 is 10.6 Å². The summed E-state index contributed by atoms with van der Waals surface area (Å²) in [6.07, 6.45) is 1.22. The first-order valence-electron chi connectivity index (χ1n) is 8.74. The zero-order valence-electron chi connectivity index (χ0n) is 15.3. The molecule has 1 aromatic heterocycles. The Hall–Kier alpha value is -2.99. The standard InChI is InChI=1S/C21H21N3O2S/c1-3-14-4-6-16(7-5-14)21-24-18(13-27-21)12-19(25)23-17-10-8-15(9-11-17)20(26)22-2/h4-11,13H,3,12H2,1-2H3,(H,22,26)(H,23,25). The molecule has 2 amide bonds. The summed E-state index contributed by atoms with van der Waals surface area (Å²) in [5, 5.41) is 8.22. The number of benzene rings is 2. The second-order valence-corrected chi connectivity index (χ2v) is 6.93. The van der Waals surface area contributed by atoms with Gasteiger partial charge in [-0.05, 0) is 36.2 Å². The molecule has 0 aliphatic heterocycles. The van der Waals surface area contributed by atoms with Gasteiger partial charge in [-0.1, -0.05) is 31.2 Å². The van der Waals surface area contributed by atoms with Crippen molar-refractivity contribution in [1.82, 2.24) is 10.3 Å². The highest BCUT2D eigenvalue weighted by Crippen LogP contribution is 2.24. The van der Waals surface area contributed by atoms with Crippen LogP contribution in [-0.2, 0) is 17.6 Å². The predicted octanol–water partition coefficient (Wildman–Crippen LogP) is 3.91. The van der Waals surface area contributed by atoms with Crippen LogP contribution in [0.3, 0.4) is 0 Å². The van der Waals surface area contributed by atoms with Crippen molar-refractivity contribution in [3.63, 3.8) is 0 Å². The molecule has 0 saturated heterocycles.